The monoisotopic (exact) mass is 496 g/mol. The maximum atomic E-state index is 12.9. The van der Waals surface area contributed by atoms with Crippen molar-refractivity contribution < 1.29 is 22.8 Å². The number of aromatic nitrogens is 4. The summed E-state index contributed by atoms with van der Waals surface area (Å²) >= 11 is 6.96. The van der Waals surface area contributed by atoms with Gasteiger partial charge in [0, 0.05) is 18.3 Å². The summed E-state index contributed by atoms with van der Waals surface area (Å²) in [7, 11) is 0. The fraction of sp³-hybridized carbons (Fsp3) is 0.250. The summed E-state index contributed by atoms with van der Waals surface area (Å²) in [6, 6.07) is 6.05. The zero-order valence-electron chi connectivity index (χ0n) is 16.8. The average molecular weight is 497 g/mol. The summed E-state index contributed by atoms with van der Waals surface area (Å²) in [6.45, 7) is 0. The number of alkyl halides is 3. The minimum Gasteiger partial charge on any atom is -0.348 e. The van der Waals surface area contributed by atoms with Crippen LogP contribution in [0.1, 0.15) is 28.9 Å². The van der Waals surface area contributed by atoms with Crippen LogP contribution in [0.5, 0.6) is 0 Å². The third kappa shape index (κ3) is 6.02. The topological polar surface area (TPSA) is 102 Å². The second-order valence-corrected chi connectivity index (χ2v) is 8.54. The molecule has 1 fully saturated rings. The second-order valence-electron chi connectivity index (χ2n) is 7.14. The van der Waals surface area contributed by atoms with E-state index < -0.39 is 17.6 Å². The molecule has 0 atom stereocenters. The molecule has 0 aliphatic heterocycles. The molecular weight excluding hydrogens is 481 g/mol. The maximum absolute atomic E-state index is 12.9. The third-order valence-corrected chi connectivity index (χ3v) is 5.77. The number of benzene rings is 1. The lowest BCUT2D eigenvalue weighted by atomic mass is 10.2. The average Bonchev–Trinajstić information content (AvgIpc) is 3.44. The minimum atomic E-state index is -4.55. The molecule has 3 aromatic rings. The lowest BCUT2D eigenvalue weighted by molar-refractivity contribution is -0.137. The van der Waals surface area contributed by atoms with Gasteiger partial charge in [0.15, 0.2) is 11.5 Å². The number of carbonyl (C=O) groups is 2. The van der Waals surface area contributed by atoms with Crippen LogP contribution >= 0.6 is 23.4 Å². The molecule has 0 radical (unpaired) electrons. The molecule has 172 valence electrons. The van der Waals surface area contributed by atoms with Gasteiger partial charge in [0.05, 0.1) is 22.0 Å². The highest BCUT2D eigenvalue weighted by atomic mass is 35.5. The van der Waals surface area contributed by atoms with Gasteiger partial charge >= 0.3 is 6.18 Å². The Morgan fingerprint density at radius 2 is 1.97 bits per heavy atom. The lowest BCUT2D eigenvalue weighted by Crippen LogP contribution is -2.25. The number of thioether (sulfide) groups is 1. The largest absolute Gasteiger partial charge is 0.416 e. The molecule has 4 rings (SSSR count). The fourth-order valence-electron chi connectivity index (χ4n) is 2.72. The van der Waals surface area contributed by atoms with Crippen LogP contribution in [-0.4, -0.2) is 43.4 Å². The van der Waals surface area contributed by atoms with Crippen LogP contribution in [0.2, 0.25) is 5.02 Å². The van der Waals surface area contributed by atoms with Gasteiger partial charge in [-0.15, -0.1) is 0 Å². The highest BCUT2D eigenvalue weighted by Crippen LogP contribution is 2.34. The van der Waals surface area contributed by atoms with Crippen LogP contribution in [0, 0.1) is 0 Å². The fourth-order valence-corrected chi connectivity index (χ4v) is 3.54. The molecule has 13 heteroatoms. The van der Waals surface area contributed by atoms with Gasteiger partial charge in [0.1, 0.15) is 11.4 Å². The van der Waals surface area contributed by atoms with Crippen LogP contribution in [0.3, 0.4) is 0 Å². The molecule has 0 unspecified atom stereocenters. The lowest BCUT2D eigenvalue weighted by Gasteiger charge is -2.11. The van der Waals surface area contributed by atoms with E-state index in [2.05, 4.69) is 25.7 Å². The van der Waals surface area contributed by atoms with E-state index in [1.165, 1.54) is 11.0 Å². The first-order valence-corrected chi connectivity index (χ1v) is 11.0. The summed E-state index contributed by atoms with van der Waals surface area (Å²) in [5.74, 6) is -0.555. The first-order chi connectivity index (χ1) is 15.7. The Bertz CT molecular complexity index is 1200. The van der Waals surface area contributed by atoms with E-state index >= 15 is 0 Å². The zero-order valence-corrected chi connectivity index (χ0v) is 18.3. The Kier molecular flexibility index (Phi) is 6.56. The van der Waals surface area contributed by atoms with E-state index in [1.807, 2.05) is 0 Å². The SMILES string of the molecule is O=C(CSc1cc(-n2ccc(C(=O)NC3CC3)n2)ncn1)Nc1cc(C(F)(F)F)ccc1Cl. The summed E-state index contributed by atoms with van der Waals surface area (Å²) in [5.41, 5.74) is -0.791. The molecule has 2 amide bonds. The molecule has 8 nitrogen and oxygen atoms in total. The van der Waals surface area contributed by atoms with E-state index in [4.69, 9.17) is 11.6 Å². The summed E-state index contributed by atoms with van der Waals surface area (Å²) in [6.07, 6.45) is 0.242. The number of anilines is 1. The third-order valence-electron chi connectivity index (χ3n) is 4.52. The molecule has 1 aromatic carbocycles. The summed E-state index contributed by atoms with van der Waals surface area (Å²) in [5, 5.41) is 9.86. The summed E-state index contributed by atoms with van der Waals surface area (Å²) in [4.78, 5) is 32.5. The van der Waals surface area contributed by atoms with E-state index in [0.717, 1.165) is 42.8 Å². The molecule has 0 bridgehead atoms. The highest BCUT2D eigenvalue weighted by Gasteiger charge is 2.31. The second kappa shape index (κ2) is 9.40. The quantitative estimate of drug-likeness (QED) is 0.379. The Morgan fingerprint density at radius 3 is 2.70 bits per heavy atom. The number of nitrogens with one attached hydrogen (secondary N) is 2. The standard InChI is InChI=1S/C20H16ClF3N6O2S/c21-13-4-1-11(20(22,23)24)7-15(13)28-17(31)9-33-18-8-16(25-10-26-18)30-6-5-14(29-30)19(32)27-12-2-3-12/h1,4-8,10,12H,2-3,9H2,(H,27,32)(H,28,31). The molecule has 1 aliphatic rings. The molecule has 2 N–H and O–H groups in total. The van der Waals surface area contributed by atoms with Gasteiger partial charge in [-0.3, -0.25) is 9.59 Å². The number of carbonyl (C=O) groups excluding carboxylic acids is 2. The molecule has 1 aliphatic carbocycles. The van der Waals surface area contributed by atoms with Crippen molar-refractivity contribution in [1.29, 1.82) is 0 Å². The van der Waals surface area contributed by atoms with E-state index in [1.54, 1.807) is 18.3 Å². The van der Waals surface area contributed by atoms with Crippen LogP contribution < -0.4 is 10.6 Å². The minimum absolute atomic E-state index is 0.00844. The van der Waals surface area contributed by atoms with Gasteiger partial charge in [-0.1, -0.05) is 23.4 Å². The number of amides is 2. The van der Waals surface area contributed by atoms with Crippen molar-refractivity contribution in [3.8, 4) is 5.82 Å². The van der Waals surface area contributed by atoms with Gasteiger partial charge in [0.25, 0.3) is 5.91 Å². The van der Waals surface area contributed by atoms with Crippen LogP contribution in [-0.2, 0) is 11.0 Å². The van der Waals surface area contributed by atoms with E-state index in [0.29, 0.717) is 10.8 Å². The predicted octanol–water partition coefficient (Wildman–Crippen LogP) is 3.96. The van der Waals surface area contributed by atoms with Crippen molar-refractivity contribution in [1.82, 2.24) is 25.1 Å². The number of hydrogen-bond acceptors (Lipinski definition) is 6. The number of nitrogens with zero attached hydrogens (tertiary/aromatic N) is 4. The number of halogens is 4. The van der Waals surface area contributed by atoms with Crippen LogP contribution in [0.25, 0.3) is 5.82 Å². The van der Waals surface area contributed by atoms with Crippen molar-refractivity contribution >= 4 is 40.9 Å². The predicted molar refractivity (Wildman–Crippen MR) is 115 cm³/mol. The van der Waals surface area contributed by atoms with Gasteiger partial charge in [-0.2, -0.15) is 18.3 Å². The molecule has 1 saturated carbocycles. The van der Waals surface area contributed by atoms with Crippen molar-refractivity contribution in [3.63, 3.8) is 0 Å². The van der Waals surface area contributed by atoms with E-state index in [9.17, 15) is 22.8 Å². The van der Waals surface area contributed by atoms with Crippen molar-refractivity contribution in [2.75, 3.05) is 11.1 Å². The van der Waals surface area contributed by atoms with Crippen molar-refractivity contribution in [2.45, 2.75) is 30.1 Å². The van der Waals surface area contributed by atoms with Crippen molar-refractivity contribution in [3.05, 3.63) is 59.1 Å². The van der Waals surface area contributed by atoms with Gasteiger partial charge < -0.3 is 10.6 Å². The normalized spacial score (nSPS) is 13.6. The maximum Gasteiger partial charge on any atom is 0.416 e. The van der Waals surface area contributed by atoms with Crippen molar-refractivity contribution in [2.24, 2.45) is 0 Å². The number of hydrogen-bond donors (Lipinski definition) is 2. The zero-order chi connectivity index (χ0) is 23.6. The molecule has 0 saturated heterocycles. The Morgan fingerprint density at radius 1 is 1.18 bits per heavy atom. The van der Waals surface area contributed by atoms with E-state index in [-0.39, 0.29) is 34.1 Å². The Labute approximate surface area is 194 Å². The molecule has 33 heavy (non-hydrogen) atoms. The smallest absolute Gasteiger partial charge is 0.348 e. The molecule has 0 spiro atoms. The van der Waals surface area contributed by atoms with Gasteiger partial charge in [-0.25, -0.2) is 14.6 Å². The molecule has 2 heterocycles. The van der Waals surface area contributed by atoms with Gasteiger partial charge in [0.2, 0.25) is 5.91 Å². The highest BCUT2D eigenvalue weighted by molar-refractivity contribution is 7.99. The molecular formula is C20H16ClF3N6O2S. The van der Waals surface area contributed by atoms with Crippen LogP contribution in [0.4, 0.5) is 18.9 Å². The number of rotatable bonds is 7. The first kappa shape index (κ1) is 23.1. The van der Waals surface area contributed by atoms with Crippen LogP contribution in [0.15, 0.2) is 47.9 Å². The first-order valence-electron chi connectivity index (χ1n) is 9.67. The molecule has 2 aromatic heterocycles. The van der Waals surface area contributed by atoms with Gasteiger partial charge in [-0.05, 0) is 37.1 Å². The Hall–Kier alpha value is -3.12. The Balaban J connectivity index is 1.38. The summed E-state index contributed by atoms with van der Waals surface area (Å²) < 4.78 is 40.1.